The number of allylic oxidation sites excluding steroid dienone is 3. The molecule has 0 aromatic rings. The molecular weight excluding hydrogens is 428 g/mol. The van der Waals surface area contributed by atoms with Crippen molar-refractivity contribution >= 4 is 18.0 Å². The van der Waals surface area contributed by atoms with Crippen molar-refractivity contribution < 1.29 is 18.4 Å². The fourth-order valence-corrected chi connectivity index (χ4v) is 3.10. The Morgan fingerprint density at radius 3 is 2.21 bits per heavy atom. The van der Waals surface area contributed by atoms with Crippen LogP contribution in [0.3, 0.4) is 0 Å². The third kappa shape index (κ3) is 15.0. The van der Waals surface area contributed by atoms with E-state index >= 15 is 0 Å². The zero-order valence-electron chi connectivity index (χ0n) is 20.9. The number of hydrazone groups is 1. The Morgan fingerprint density at radius 2 is 1.88 bits per heavy atom. The van der Waals surface area contributed by atoms with Crippen molar-refractivity contribution in [1.82, 2.24) is 21.0 Å². The summed E-state index contributed by atoms with van der Waals surface area (Å²) in [6, 6.07) is 0.149. The quantitative estimate of drug-likeness (QED) is 0.208. The maximum Gasteiger partial charge on any atom is 0.274 e. The van der Waals surface area contributed by atoms with Crippen LogP contribution in [0.1, 0.15) is 47.0 Å². The van der Waals surface area contributed by atoms with E-state index in [2.05, 4.69) is 39.2 Å². The summed E-state index contributed by atoms with van der Waals surface area (Å²) in [4.78, 5) is 25.1. The molecule has 3 rings (SSSR count). The number of hydrogen-bond donors (Lipinski definition) is 3. The lowest BCUT2D eigenvalue weighted by atomic mass is 9.84. The van der Waals surface area contributed by atoms with Crippen molar-refractivity contribution in [3.63, 3.8) is 0 Å². The first-order valence-electron chi connectivity index (χ1n) is 11.5. The number of rotatable bonds is 9. The van der Waals surface area contributed by atoms with Crippen molar-refractivity contribution in [1.29, 1.82) is 0 Å². The number of carbonyl (C=O) groups excluding carboxylic acids is 2. The highest BCUT2D eigenvalue weighted by molar-refractivity contribution is 6.45. The fraction of sp³-hybridized carbons (Fsp3) is 0.625. The highest BCUT2D eigenvalue weighted by atomic mass is 19.1. The lowest BCUT2D eigenvalue weighted by Gasteiger charge is -2.44. The van der Waals surface area contributed by atoms with E-state index in [1.165, 1.54) is 13.0 Å². The molecular formula is C24H43F2N5O2. The summed E-state index contributed by atoms with van der Waals surface area (Å²) in [6.45, 7) is 17.2. The maximum absolute atomic E-state index is 12.3. The average molecular weight is 472 g/mol. The first kappa shape index (κ1) is 32.6. The average Bonchev–Trinajstić information content (AvgIpc) is 2.83. The van der Waals surface area contributed by atoms with Crippen LogP contribution in [0.25, 0.3) is 0 Å². The van der Waals surface area contributed by atoms with Gasteiger partial charge in [-0.15, -0.1) is 0 Å². The molecule has 3 fully saturated rings. The molecule has 9 heteroatoms. The second-order valence-corrected chi connectivity index (χ2v) is 7.13. The molecule has 0 aromatic carbocycles. The minimum Gasteiger partial charge on any atom is -0.346 e. The Kier molecular flexibility index (Phi) is 21.1. The molecule has 2 atom stereocenters. The molecule has 0 radical (unpaired) electrons. The topological polar surface area (TPSA) is 85.8 Å². The van der Waals surface area contributed by atoms with Gasteiger partial charge in [-0.1, -0.05) is 52.2 Å². The molecule has 190 valence electrons. The van der Waals surface area contributed by atoms with E-state index in [4.69, 9.17) is 0 Å². The van der Waals surface area contributed by atoms with E-state index in [1.54, 1.807) is 26.1 Å². The second-order valence-electron chi connectivity index (χ2n) is 7.13. The van der Waals surface area contributed by atoms with Crippen molar-refractivity contribution in [3.8, 4) is 0 Å². The number of nitrogens with one attached hydrogen (secondary N) is 3. The number of amides is 2. The summed E-state index contributed by atoms with van der Waals surface area (Å²) in [7, 11) is 1.59. The smallest absolute Gasteiger partial charge is 0.274 e. The number of carbonyl (C=O) groups is 2. The van der Waals surface area contributed by atoms with E-state index in [0.717, 1.165) is 32.5 Å². The fourth-order valence-electron chi connectivity index (χ4n) is 3.10. The monoisotopic (exact) mass is 471 g/mol. The highest BCUT2D eigenvalue weighted by Gasteiger charge is 2.35. The van der Waals surface area contributed by atoms with Gasteiger partial charge in [0.25, 0.3) is 5.91 Å². The van der Waals surface area contributed by atoms with E-state index in [9.17, 15) is 18.4 Å². The molecule has 3 aliphatic heterocycles. The summed E-state index contributed by atoms with van der Waals surface area (Å²) in [5, 5.41) is 9.26. The van der Waals surface area contributed by atoms with Gasteiger partial charge in [0.15, 0.2) is 5.71 Å². The third-order valence-corrected chi connectivity index (χ3v) is 4.63. The lowest BCUT2D eigenvalue weighted by Crippen LogP contribution is -2.58. The van der Waals surface area contributed by atoms with Crippen LogP contribution >= 0.6 is 0 Å². The zero-order chi connectivity index (χ0) is 25.6. The van der Waals surface area contributed by atoms with Gasteiger partial charge < -0.3 is 21.0 Å². The molecule has 0 aromatic heterocycles. The van der Waals surface area contributed by atoms with E-state index < -0.39 is 6.17 Å². The van der Waals surface area contributed by atoms with Crippen molar-refractivity contribution in [2.45, 2.75) is 59.2 Å². The summed E-state index contributed by atoms with van der Waals surface area (Å²) >= 11 is 0. The molecule has 3 aliphatic rings. The zero-order valence-corrected chi connectivity index (χ0v) is 20.9. The minimum atomic E-state index is -0.849. The molecule has 2 unspecified atom stereocenters. The minimum absolute atomic E-state index is 0.107. The van der Waals surface area contributed by atoms with Gasteiger partial charge in [0.05, 0.1) is 12.4 Å². The summed E-state index contributed by atoms with van der Waals surface area (Å²) in [5.74, 6) is 0.226. The molecule has 33 heavy (non-hydrogen) atoms. The Bertz CT molecular complexity index is 614. The summed E-state index contributed by atoms with van der Waals surface area (Å²) in [6.07, 6.45) is 7.11. The van der Waals surface area contributed by atoms with Crippen LogP contribution in [0.2, 0.25) is 0 Å². The van der Waals surface area contributed by atoms with Gasteiger partial charge in [-0.2, -0.15) is 5.10 Å². The van der Waals surface area contributed by atoms with Crippen LogP contribution < -0.4 is 16.1 Å². The van der Waals surface area contributed by atoms with Gasteiger partial charge in [-0.3, -0.25) is 14.0 Å². The molecule has 3 N–H and O–H groups in total. The Balaban J connectivity index is 0. The molecule has 2 amide bonds. The number of halogens is 2. The molecule has 0 saturated carbocycles. The number of hydrogen-bond acceptors (Lipinski definition) is 5. The Morgan fingerprint density at radius 1 is 1.30 bits per heavy atom. The first-order valence-corrected chi connectivity index (χ1v) is 11.5. The van der Waals surface area contributed by atoms with Crippen LogP contribution in [0.5, 0.6) is 0 Å². The predicted octanol–water partition coefficient (Wildman–Crippen LogP) is 3.51. The third-order valence-electron chi connectivity index (χ3n) is 4.63. The van der Waals surface area contributed by atoms with Gasteiger partial charge in [0.1, 0.15) is 6.17 Å². The van der Waals surface area contributed by atoms with Crippen LogP contribution in [0.15, 0.2) is 42.2 Å². The molecule has 2 bridgehead atoms. The number of alkyl halides is 2. The molecule has 0 aliphatic carbocycles. The van der Waals surface area contributed by atoms with Gasteiger partial charge in [0, 0.05) is 19.6 Å². The first-order chi connectivity index (χ1) is 15.8. The van der Waals surface area contributed by atoms with Crippen LogP contribution in [0.4, 0.5) is 8.78 Å². The van der Waals surface area contributed by atoms with Gasteiger partial charge in [-0.25, -0.2) is 4.39 Å². The SMILES string of the molecule is C=C(NC=O)/C(=N\NC)C(=O)NC1CN2CCC1CC2.C=C/C=C\C(C)F.CC.CCCF. The van der Waals surface area contributed by atoms with Crippen LogP contribution in [0, 0.1) is 5.92 Å². The van der Waals surface area contributed by atoms with E-state index in [-0.39, 0.29) is 30.0 Å². The number of fused-ring (bicyclic) bond motifs is 3. The lowest BCUT2D eigenvalue weighted by molar-refractivity contribution is -0.116. The van der Waals surface area contributed by atoms with Crippen molar-refractivity contribution in [2.75, 3.05) is 33.4 Å². The van der Waals surface area contributed by atoms with E-state index in [1.807, 2.05) is 13.8 Å². The standard InChI is InChI=1S/C13H21N5O2.C6H9F.C3H7F.C2H6/c1-9(15-8-19)12(17-14-2)13(20)16-11-7-18-5-3-10(11)4-6-18;1-3-4-5-6(2)7;1-2-3-4;1-2/h8,10-11,14H,1,3-7H2,2H3,(H,15,19)(H,16,20);3-6H,1H2,2H3;2-3H2,1H3;1-2H3/b17-12+;5-4-;;. The molecule has 3 heterocycles. The highest BCUT2D eigenvalue weighted by Crippen LogP contribution is 2.27. The van der Waals surface area contributed by atoms with Crippen LogP contribution in [-0.2, 0) is 9.59 Å². The van der Waals surface area contributed by atoms with Gasteiger partial charge in [-0.05, 0) is 45.2 Å². The summed E-state index contributed by atoms with van der Waals surface area (Å²) < 4.78 is 22.5. The van der Waals surface area contributed by atoms with Gasteiger partial charge in [0.2, 0.25) is 6.41 Å². The molecule has 3 saturated heterocycles. The largest absolute Gasteiger partial charge is 0.346 e. The Labute approximate surface area is 198 Å². The van der Waals surface area contributed by atoms with Crippen molar-refractivity contribution in [3.05, 3.63) is 37.1 Å². The Hall–Kier alpha value is -2.55. The van der Waals surface area contributed by atoms with Gasteiger partial charge >= 0.3 is 0 Å². The van der Waals surface area contributed by atoms with Crippen LogP contribution in [-0.4, -0.2) is 68.5 Å². The normalized spacial score (nSPS) is 21.5. The number of nitrogens with zero attached hydrogens (tertiary/aromatic N) is 2. The van der Waals surface area contributed by atoms with Crippen molar-refractivity contribution in [2.24, 2.45) is 11.0 Å². The summed E-state index contributed by atoms with van der Waals surface area (Å²) in [5.41, 5.74) is 2.85. The molecule has 0 spiro atoms. The predicted molar refractivity (Wildman–Crippen MR) is 133 cm³/mol. The maximum atomic E-state index is 12.3. The van der Waals surface area contributed by atoms with E-state index in [0.29, 0.717) is 18.7 Å². The molecule has 7 nitrogen and oxygen atoms in total. The second kappa shape index (κ2) is 21.3. The number of piperidine rings is 3.